The van der Waals surface area contributed by atoms with Gasteiger partial charge in [-0.1, -0.05) is 43.7 Å². The summed E-state index contributed by atoms with van der Waals surface area (Å²) in [7, 11) is 0. The van der Waals surface area contributed by atoms with Gasteiger partial charge in [-0.3, -0.25) is 4.79 Å². The summed E-state index contributed by atoms with van der Waals surface area (Å²) in [6.07, 6.45) is 5.90. The zero-order valence-electron chi connectivity index (χ0n) is 15.2. The molecule has 0 saturated heterocycles. The van der Waals surface area contributed by atoms with Crippen LogP contribution >= 0.6 is 0 Å². The molecule has 0 fully saturated rings. The maximum atomic E-state index is 11.5. The van der Waals surface area contributed by atoms with E-state index in [1.54, 1.807) is 6.08 Å². The molecule has 0 aliphatic heterocycles. The highest BCUT2D eigenvalue weighted by molar-refractivity contribution is 5.90. The number of carboxylic acid groups (broad SMARTS) is 3. The van der Waals surface area contributed by atoms with Crippen LogP contribution in [0.25, 0.3) is 6.08 Å². The highest BCUT2D eigenvalue weighted by Crippen LogP contribution is 2.18. The Hall–Kier alpha value is -3.15. The Morgan fingerprint density at radius 1 is 0.852 bits per heavy atom. The van der Waals surface area contributed by atoms with E-state index in [2.05, 4.69) is 0 Å². The second-order valence-corrected chi connectivity index (χ2v) is 6.00. The van der Waals surface area contributed by atoms with Crippen LogP contribution in [0.3, 0.4) is 0 Å². The van der Waals surface area contributed by atoms with Crippen LogP contribution in [0.4, 0.5) is 0 Å². The molecule has 1 rings (SSSR count). The number of aliphatic carboxylic acids is 3. The molecule has 1 aromatic carbocycles. The van der Waals surface area contributed by atoms with Crippen LogP contribution in [0.2, 0.25) is 0 Å². The fourth-order valence-corrected chi connectivity index (χ4v) is 2.36. The standard InChI is InChI=1S/C21H24O6/c1-2-3-9-17(20(24)25)13-16(12-15-7-5-4-6-8-15)14-18(21(26)27)10-11-19(22)23/h4-8,12-14H,2-3,9-11H2,1H3,(H,22,23)(H,24,25)(H,26,27). The average Bonchev–Trinajstić information content (AvgIpc) is 2.61. The predicted molar refractivity (Wildman–Crippen MR) is 102 cm³/mol. The average molecular weight is 372 g/mol. The summed E-state index contributed by atoms with van der Waals surface area (Å²) in [5, 5.41) is 27.6. The lowest BCUT2D eigenvalue weighted by molar-refractivity contribution is -0.137. The van der Waals surface area contributed by atoms with Gasteiger partial charge in [0.05, 0.1) is 0 Å². The van der Waals surface area contributed by atoms with Crippen molar-refractivity contribution in [2.75, 3.05) is 0 Å². The molecular formula is C21H24O6. The van der Waals surface area contributed by atoms with Crippen molar-refractivity contribution in [3.63, 3.8) is 0 Å². The van der Waals surface area contributed by atoms with E-state index in [4.69, 9.17) is 5.11 Å². The maximum Gasteiger partial charge on any atom is 0.331 e. The van der Waals surface area contributed by atoms with Crippen LogP contribution in [0.5, 0.6) is 0 Å². The summed E-state index contributed by atoms with van der Waals surface area (Å²) >= 11 is 0. The first kappa shape index (κ1) is 21.9. The Labute approximate surface area is 158 Å². The Bertz CT molecular complexity index is 756. The van der Waals surface area contributed by atoms with E-state index in [0.29, 0.717) is 18.4 Å². The molecule has 0 atom stereocenters. The summed E-state index contributed by atoms with van der Waals surface area (Å²) < 4.78 is 0. The highest BCUT2D eigenvalue weighted by Gasteiger charge is 2.12. The van der Waals surface area contributed by atoms with Crippen molar-refractivity contribution in [2.24, 2.45) is 0 Å². The van der Waals surface area contributed by atoms with Crippen molar-refractivity contribution >= 4 is 24.0 Å². The maximum absolute atomic E-state index is 11.5. The van der Waals surface area contributed by atoms with Gasteiger partial charge in [-0.05, 0) is 48.6 Å². The van der Waals surface area contributed by atoms with Gasteiger partial charge in [0.1, 0.15) is 0 Å². The monoisotopic (exact) mass is 372 g/mol. The lowest BCUT2D eigenvalue weighted by atomic mass is 10.00. The van der Waals surface area contributed by atoms with Gasteiger partial charge in [-0.15, -0.1) is 0 Å². The van der Waals surface area contributed by atoms with Crippen molar-refractivity contribution in [3.05, 3.63) is 64.8 Å². The van der Waals surface area contributed by atoms with Gasteiger partial charge in [0.15, 0.2) is 0 Å². The molecule has 0 heterocycles. The molecule has 0 saturated carbocycles. The van der Waals surface area contributed by atoms with Crippen LogP contribution < -0.4 is 0 Å². The first-order valence-electron chi connectivity index (χ1n) is 8.69. The molecule has 0 aliphatic carbocycles. The Kier molecular flexibility index (Phi) is 9.29. The van der Waals surface area contributed by atoms with Gasteiger partial charge in [-0.2, -0.15) is 0 Å². The Balaban J connectivity index is 3.37. The van der Waals surface area contributed by atoms with E-state index in [9.17, 15) is 24.6 Å². The fourth-order valence-electron chi connectivity index (χ4n) is 2.36. The second-order valence-electron chi connectivity index (χ2n) is 6.00. The van der Waals surface area contributed by atoms with Gasteiger partial charge in [-0.25, -0.2) is 9.59 Å². The summed E-state index contributed by atoms with van der Waals surface area (Å²) in [6.45, 7) is 1.95. The molecule has 3 N–H and O–H groups in total. The molecular weight excluding hydrogens is 348 g/mol. The molecule has 6 nitrogen and oxygen atoms in total. The van der Waals surface area contributed by atoms with E-state index in [0.717, 1.165) is 12.0 Å². The number of benzene rings is 1. The third kappa shape index (κ3) is 8.67. The van der Waals surface area contributed by atoms with Crippen LogP contribution in [-0.4, -0.2) is 33.2 Å². The number of carboxylic acids is 3. The lowest BCUT2D eigenvalue weighted by Crippen LogP contribution is -2.05. The second kappa shape index (κ2) is 11.5. The van der Waals surface area contributed by atoms with E-state index < -0.39 is 17.9 Å². The molecule has 27 heavy (non-hydrogen) atoms. The van der Waals surface area contributed by atoms with E-state index >= 15 is 0 Å². The van der Waals surface area contributed by atoms with E-state index in [1.165, 1.54) is 12.2 Å². The number of unbranched alkanes of at least 4 members (excludes halogenated alkanes) is 1. The molecule has 0 amide bonds. The minimum absolute atomic E-state index is 0.0870. The van der Waals surface area contributed by atoms with Gasteiger partial charge in [0.2, 0.25) is 0 Å². The van der Waals surface area contributed by atoms with E-state index in [-0.39, 0.29) is 24.0 Å². The van der Waals surface area contributed by atoms with Crippen molar-refractivity contribution in [2.45, 2.75) is 39.0 Å². The number of carbonyl (C=O) groups is 3. The number of hydrogen-bond donors (Lipinski definition) is 3. The Morgan fingerprint density at radius 2 is 1.41 bits per heavy atom. The van der Waals surface area contributed by atoms with Gasteiger partial charge in [0, 0.05) is 17.6 Å². The van der Waals surface area contributed by atoms with Gasteiger partial charge < -0.3 is 15.3 Å². The summed E-state index contributed by atoms with van der Waals surface area (Å²) in [4.78, 5) is 33.7. The fraction of sp³-hybridized carbons (Fsp3) is 0.286. The van der Waals surface area contributed by atoms with Crippen molar-refractivity contribution in [1.29, 1.82) is 0 Å². The summed E-state index contributed by atoms with van der Waals surface area (Å²) in [5.41, 5.74) is 1.27. The molecule has 6 heteroatoms. The van der Waals surface area contributed by atoms with Crippen molar-refractivity contribution in [1.82, 2.24) is 0 Å². The highest BCUT2D eigenvalue weighted by atomic mass is 16.4. The minimum atomic E-state index is -1.23. The molecule has 144 valence electrons. The van der Waals surface area contributed by atoms with Crippen LogP contribution in [-0.2, 0) is 14.4 Å². The summed E-state index contributed by atoms with van der Waals surface area (Å²) in [6, 6.07) is 9.09. The molecule has 0 radical (unpaired) electrons. The quantitative estimate of drug-likeness (QED) is 0.397. The van der Waals surface area contributed by atoms with Gasteiger partial charge in [0.25, 0.3) is 0 Å². The topological polar surface area (TPSA) is 112 Å². The molecule has 1 aromatic rings. The normalized spacial score (nSPS) is 12.7. The largest absolute Gasteiger partial charge is 0.481 e. The molecule has 0 spiro atoms. The molecule has 0 aliphatic rings. The van der Waals surface area contributed by atoms with Gasteiger partial charge >= 0.3 is 17.9 Å². The molecule has 0 unspecified atom stereocenters. The number of rotatable bonds is 11. The Morgan fingerprint density at radius 3 is 1.89 bits per heavy atom. The lowest BCUT2D eigenvalue weighted by Gasteiger charge is -2.06. The SMILES string of the molecule is CCCCC(=CC(=Cc1ccccc1)C=C(CCC(=O)O)C(=O)O)C(=O)O. The smallest absolute Gasteiger partial charge is 0.331 e. The summed E-state index contributed by atoms with van der Waals surface area (Å²) in [5.74, 6) is -3.38. The van der Waals surface area contributed by atoms with Crippen LogP contribution in [0.15, 0.2) is 59.2 Å². The van der Waals surface area contributed by atoms with Crippen molar-refractivity contribution in [3.8, 4) is 0 Å². The first-order valence-corrected chi connectivity index (χ1v) is 8.69. The first-order chi connectivity index (χ1) is 12.8. The van der Waals surface area contributed by atoms with Crippen molar-refractivity contribution < 1.29 is 29.7 Å². The minimum Gasteiger partial charge on any atom is -0.481 e. The third-order valence-electron chi connectivity index (χ3n) is 3.77. The number of hydrogen-bond acceptors (Lipinski definition) is 3. The third-order valence-corrected chi connectivity index (χ3v) is 3.77. The zero-order valence-corrected chi connectivity index (χ0v) is 15.2. The molecule has 0 aromatic heterocycles. The van der Waals surface area contributed by atoms with Crippen LogP contribution in [0, 0.1) is 0 Å². The zero-order chi connectivity index (χ0) is 20.2. The van der Waals surface area contributed by atoms with Crippen LogP contribution in [0.1, 0.15) is 44.6 Å². The molecule has 0 bridgehead atoms. The predicted octanol–water partition coefficient (Wildman–Crippen LogP) is 4.15. The number of allylic oxidation sites excluding steroid dienone is 3. The van der Waals surface area contributed by atoms with E-state index in [1.807, 2.05) is 37.3 Å².